The van der Waals surface area contributed by atoms with E-state index in [0.29, 0.717) is 5.92 Å². The van der Waals surface area contributed by atoms with Crippen molar-refractivity contribution in [3.8, 4) is 0 Å². The Bertz CT molecular complexity index is 492. The van der Waals surface area contributed by atoms with Crippen molar-refractivity contribution in [3.05, 3.63) is 24.3 Å². The molecule has 2 unspecified atom stereocenters. The van der Waals surface area contributed by atoms with Gasteiger partial charge in [-0.25, -0.2) is 4.98 Å². The third-order valence-corrected chi connectivity index (χ3v) is 5.09. The highest BCUT2D eigenvalue weighted by Crippen LogP contribution is 2.32. The van der Waals surface area contributed by atoms with Crippen LogP contribution in [-0.4, -0.2) is 23.5 Å². The molecule has 2 heterocycles. The van der Waals surface area contributed by atoms with Gasteiger partial charge in [0.05, 0.1) is 15.6 Å². The average molecular weight is 267 g/mol. The summed E-state index contributed by atoms with van der Waals surface area (Å²) in [5.41, 5.74) is 1.09. The lowest BCUT2D eigenvalue weighted by atomic mass is 9.99. The molecule has 4 heteroatoms. The molecule has 1 aliphatic heterocycles. The SMILES string of the molecule is CC1CCN(c2nc3ccccc3s2)CC1Cl. The molecule has 90 valence electrons. The Kier molecular flexibility index (Phi) is 2.97. The zero-order chi connectivity index (χ0) is 11.8. The fourth-order valence-electron chi connectivity index (χ4n) is 2.19. The van der Waals surface area contributed by atoms with Gasteiger partial charge in [-0.2, -0.15) is 0 Å². The van der Waals surface area contributed by atoms with Crippen LogP contribution in [0.5, 0.6) is 0 Å². The molecule has 3 rings (SSSR count). The van der Waals surface area contributed by atoms with Crippen LogP contribution in [0.3, 0.4) is 0 Å². The molecule has 2 nitrogen and oxygen atoms in total. The summed E-state index contributed by atoms with van der Waals surface area (Å²) in [6.07, 6.45) is 1.16. The van der Waals surface area contributed by atoms with Gasteiger partial charge in [-0.05, 0) is 24.5 Å². The Balaban J connectivity index is 1.88. The topological polar surface area (TPSA) is 16.1 Å². The van der Waals surface area contributed by atoms with Crippen molar-refractivity contribution in [2.45, 2.75) is 18.7 Å². The minimum atomic E-state index is 0.246. The molecule has 1 fully saturated rings. The number of halogens is 1. The minimum absolute atomic E-state index is 0.246. The Hall–Kier alpha value is -0.800. The van der Waals surface area contributed by atoms with Gasteiger partial charge < -0.3 is 4.90 Å². The van der Waals surface area contributed by atoms with Gasteiger partial charge in [-0.3, -0.25) is 0 Å². The van der Waals surface area contributed by atoms with Crippen molar-refractivity contribution in [1.82, 2.24) is 4.98 Å². The largest absolute Gasteiger partial charge is 0.347 e. The molecular formula is C13H15ClN2S. The molecule has 1 aliphatic rings. The molecule has 0 saturated carbocycles. The molecule has 0 aliphatic carbocycles. The first-order chi connectivity index (χ1) is 8.24. The monoisotopic (exact) mass is 266 g/mol. The Morgan fingerprint density at radius 1 is 1.41 bits per heavy atom. The number of alkyl halides is 1. The predicted molar refractivity (Wildman–Crippen MR) is 75.3 cm³/mol. The molecule has 2 atom stereocenters. The number of piperidine rings is 1. The third-order valence-electron chi connectivity index (χ3n) is 3.42. The van der Waals surface area contributed by atoms with Crippen molar-refractivity contribution >= 4 is 38.3 Å². The minimum Gasteiger partial charge on any atom is -0.347 e. The summed E-state index contributed by atoms with van der Waals surface area (Å²) in [5, 5.41) is 1.36. The van der Waals surface area contributed by atoms with Crippen molar-refractivity contribution in [2.24, 2.45) is 5.92 Å². The molecular weight excluding hydrogens is 252 g/mol. The van der Waals surface area contributed by atoms with Crippen LogP contribution in [0.4, 0.5) is 5.13 Å². The number of anilines is 1. The molecule has 1 saturated heterocycles. The number of hydrogen-bond acceptors (Lipinski definition) is 3. The first kappa shape index (κ1) is 11.3. The fraction of sp³-hybridized carbons (Fsp3) is 0.462. The van der Waals surface area contributed by atoms with Crippen molar-refractivity contribution in [2.75, 3.05) is 18.0 Å². The van der Waals surface area contributed by atoms with Crippen LogP contribution in [0.2, 0.25) is 0 Å². The van der Waals surface area contributed by atoms with Crippen LogP contribution in [0.15, 0.2) is 24.3 Å². The lowest BCUT2D eigenvalue weighted by Crippen LogP contribution is -2.40. The average Bonchev–Trinajstić information content (AvgIpc) is 2.76. The van der Waals surface area contributed by atoms with Crippen molar-refractivity contribution in [1.29, 1.82) is 0 Å². The van der Waals surface area contributed by atoms with Crippen LogP contribution >= 0.6 is 22.9 Å². The standard InChI is InChI=1S/C13H15ClN2S/c1-9-6-7-16(8-10(9)14)13-15-11-4-2-3-5-12(11)17-13/h2-5,9-10H,6-8H2,1H3. The molecule has 1 aromatic heterocycles. The maximum absolute atomic E-state index is 6.35. The van der Waals surface area contributed by atoms with Gasteiger partial charge in [0.1, 0.15) is 0 Å². The summed E-state index contributed by atoms with van der Waals surface area (Å²) >= 11 is 8.11. The van der Waals surface area contributed by atoms with Crippen LogP contribution in [0.25, 0.3) is 10.2 Å². The molecule has 0 spiro atoms. The van der Waals surface area contributed by atoms with E-state index in [0.717, 1.165) is 30.2 Å². The van der Waals surface area contributed by atoms with Crippen molar-refractivity contribution < 1.29 is 0 Å². The van der Waals surface area contributed by atoms with E-state index in [4.69, 9.17) is 11.6 Å². The molecule has 2 aromatic rings. The lowest BCUT2D eigenvalue weighted by molar-refractivity contribution is 0.445. The van der Waals surface area contributed by atoms with Gasteiger partial charge in [-0.15, -0.1) is 11.6 Å². The van der Waals surface area contributed by atoms with Gasteiger partial charge in [0.25, 0.3) is 0 Å². The zero-order valence-electron chi connectivity index (χ0n) is 9.77. The second-order valence-electron chi connectivity index (χ2n) is 4.69. The maximum atomic E-state index is 6.35. The number of para-hydroxylation sites is 1. The molecule has 0 N–H and O–H groups in total. The molecule has 0 radical (unpaired) electrons. The van der Waals surface area contributed by atoms with E-state index in [1.807, 2.05) is 6.07 Å². The van der Waals surface area contributed by atoms with Gasteiger partial charge in [-0.1, -0.05) is 30.4 Å². The van der Waals surface area contributed by atoms with E-state index in [2.05, 4.69) is 35.0 Å². The Morgan fingerprint density at radius 2 is 2.24 bits per heavy atom. The number of aromatic nitrogens is 1. The normalized spacial score (nSPS) is 25.4. The van der Waals surface area contributed by atoms with Crippen LogP contribution in [0, 0.1) is 5.92 Å². The van der Waals surface area contributed by atoms with Crippen LogP contribution in [-0.2, 0) is 0 Å². The second kappa shape index (κ2) is 4.46. The summed E-state index contributed by atoms with van der Waals surface area (Å²) < 4.78 is 1.26. The quantitative estimate of drug-likeness (QED) is 0.731. The predicted octanol–water partition coefficient (Wildman–Crippen LogP) is 3.75. The Labute approximate surface area is 110 Å². The van der Waals surface area contributed by atoms with E-state index in [-0.39, 0.29) is 5.38 Å². The number of benzene rings is 1. The van der Waals surface area contributed by atoms with E-state index >= 15 is 0 Å². The number of rotatable bonds is 1. The molecule has 0 bridgehead atoms. The maximum Gasteiger partial charge on any atom is 0.186 e. The molecule has 17 heavy (non-hydrogen) atoms. The number of nitrogens with zero attached hydrogens (tertiary/aromatic N) is 2. The van der Waals surface area contributed by atoms with Gasteiger partial charge >= 0.3 is 0 Å². The summed E-state index contributed by atoms with van der Waals surface area (Å²) in [6, 6.07) is 8.29. The number of hydrogen-bond donors (Lipinski definition) is 0. The molecule has 1 aromatic carbocycles. The summed E-state index contributed by atoms with van der Waals surface area (Å²) in [7, 11) is 0. The van der Waals surface area contributed by atoms with E-state index in [9.17, 15) is 0 Å². The highest BCUT2D eigenvalue weighted by molar-refractivity contribution is 7.22. The summed E-state index contributed by atoms with van der Waals surface area (Å²) in [5.74, 6) is 0.613. The van der Waals surface area contributed by atoms with E-state index < -0.39 is 0 Å². The lowest BCUT2D eigenvalue weighted by Gasteiger charge is -2.33. The summed E-state index contributed by atoms with van der Waals surface area (Å²) in [4.78, 5) is 7.00. The van der Waals surface area contributed by atoms with Gasteiger partial charge in [0.15, 0.2) is 5.13 Å². The highest BCUT2D eigenvalue weighted by Gasteiger charge is 2.26. The van der Waals surface area contributed by atoms with E-state index in [1.165, 1.54) is 4.70 Å². The third kappa shape index (κ3) is 2.14. The smallest absolute Gasteiger partial charge is 0.186 e. The van der Waals surface area contributed by atoms with Crippen LogP contribution < -0.4 is 4.90 Å². The Morgan fingerprint density at radius 3 is 3.00 bits per heavy atom. The summed E-state index contributed by atoms with van der Waals surface area (Å²) in [6.45, 7) is 4.22. The van der Waals surface area contributed by atoms with E-state index in [1.54, 1.807) is 11.3 Å². The first-order valence-corrected chi connectivity index (χ1v) is 7.24. The highest BCUT2D eigenvalue weighted by atomic mass is 35.5. The van der Waals surface area contributed by atoms with Gasteiger partial charge in [0.2, 0.25) is 0 Å². The van der Waals surface area contributed by atoms with Gasteiger partial charge in [0, 0.05) is 13.1 Å². The van der Waals surface area contributed by atoms with Crippen molar-refractivity contribution in [3.63, 3.8) is 0 Å². The van der Waals surface area contributed by atoms with Crippen LogP contribution in [0.1, 0.15) is 13.3 Å². The first-order valence-electron chi connectivity index (χ1n) is 5.98. The molecule has 0 amide bonds. The second-order valence-corrected chi connectivity index (χ2v) is 6.26. The number of thiazole rings is 1. The fourth-order valence-corrected chi connectivity index (χ4v) is 3.48. The zero-order valence-corrected chi connectivity index (χ0v) is 11.3. The number of fused-ring (bicyclic) bond motifs is 1.